The van der Waals surface area contributed by atoms with Crippen molar-refractivity contribution in [1.82, 2.24) is 0 Å². The summed E-state index contributed by atoms with van der Waals surface area (Å²) in [6.45, 7) is 19.0. The van der Waals surface area contributed by atoms with Gasteiger partial charge in [0.05, 0.1) is 6.10 Å². The first-order chi connectivity index (χ1) is 16.0. The maximum atomic E-state index is 12.8. The fourth-order valence-electron chi connectivity index (χ4n) is 12.2. The van der Waals surface area contributed by atoms with E-state index in [1.165, 1.54) is 25.7 Å². The van der Waals surface area contributed by atoms with Crippen molar-refractivity contribution in [3.05, 3.63) is 0 Å². The van der Waals surface area contributed by atoms with Gasteiger partial charge in [0.15, 0.2) is 5.60 Å². The van der Waals surface area contributed by atoms with Gasteiger partial charge in [-0.3, -0.25) is 0 Å². The normalized spacial score (nSPS) is 59.4. The maximum Gasteiger partial charge on any atom is 0.339 e. The van der Waals surface area contributed by atoms with E-state index in [9.17, 15) is 20.1 Å². The second-order valence-corrected chi connectivity index (χ2v) is 15.8. The highest BCUT2D eigenvalue weighted by atomic mass is 16.4. The lowest BCUT2D eigenvalue weighted by Gasteiger charge is -2.75. The third kappa shape index (κ3) is 2.91. The van der Waals surface area contributed by atoms with Crippen molar-refractivity contribution in [1.29, 1.82) is 0 Å². The Morgan fingerprint density at radius 3 is 2.09 bits per heavy atom. The Kier molecular flexibility index (Phi) is 5.57. The summed E-state index contributed by atoms with van der Waals surface area (Å²) in [5.74, 6) is 1.80. The van der Waals surface area contributed by atoms with E-state index in [0.717, 1.165) is 43.4 Å². The van der Waals surface area contributed by atoms with E-state index in [4.69, 9.17) is 0 Å². The summed E-state index contributed by atoms with van der Waals surface area (Å²) >= 11 is 0. The Morgan fingerprint density at radius 2 is 1.46 bits per heavy atom. The molecule has 5 fully saturated rings. The van der Waals surface area contributed by atoms with Crippen LogP contribution in [0, 0.1) is 62.6 Å². The Balaban J connectivity index is 1.63. The maximum absolute atomic E-state index is 12.8. The number of aliphatic carboxylic acids is 1. The minimum atomic E-state index is -2.10. The zero-order valence-electron chi connectivity index (χ0n) is 23.7. The number of aliphatic hydroxyl groups excluding tert-OH is 1. The molecule has 1 unspecified atom stereocenters. The van der Waals surface area contributed by atoms with Crippen molar-refractivity contribution in [2.45, 2.75) is 125 Å². The van der Waals surface area contributed by atoms with Gasteiger partial charge < -0.3 is 15.3 Å². The lowest BCUT2D eigenvalue weighted by atomic mass is 9.29. The predicted octanol–water partition coefficient (Wildman–Crippen LogP) is 6.53. The molecule has 0 aromatic carbocycles. The minimum Gasteiger partial charge on any atom is -0.479 e. The second-order valence-electron chi connectivity index (χ2n) is 15.8. The number of hydrogen-bond acceptors (Lipinski definition) is 3. The third-order valence-electron chi connectivity index (χ3n) is 14.4. The van der Waals surface area contributed by atoms with Gasteiger partial charge in [0.1, 0.15) is 0 Å². The molecule has 0 heterocycles. The van der Waals surface area contributed by atoms with Gasteiger partial charge in [-0.15, -0.1) is 0 Å². The fraction of sp³-hybridized carbons (Fsp3) is 0.968. The number of fused-ring (bicyclic) bond motifs is 7. The molecule has 0 bridgehead atoms. The summed E-state index contributed by atoms with van der Waals surface area (Å²) in [5, 5.41) is 33.7. The van der Waals surface area contributed by atoms with Gasteiger partial charge in [-0.1, -0.05) is 55.4 Å². The second kappa shape index (κ2) is 7.49. The van der Waals surface area contributed by atoms with Crippen LogP contribution in [-0.4, -0.2) is 33.0 Å². The van der Waals surface area contributed by atoms with Crippen LogP contribution in [0.3, 0.4) is 0 Å². The highest BCUT2D eigenvalue weighted by molar-refractivity contribution is 5.80. The molecule has 0 saturated heterocycles. The van der Waals surface area contributed by atoms with Crippen LogP contribution in [0.15, 0.2) is 0 Å². The summed E-state index contributed by atoms with van der Waals surface area (Å²) < 4.78 is 0. The molecule has 4 nitrogen and oxygen atoms in total. The van der Waals surface area contributed by atoms with Crippen molar-refractivity contribution in [2.75, 3.05) is 0 Å². The predicted molar refractivity (Wildman–Crippen MR) is 139 cm³/mol. The third-order valence-corrected chi connectivity index (χ3v) is 14.4. The molecule has 5 aliphatic rings. The minimum absolute atomic E-state index is 0.0422. The molecular formula is C31H52O4. The van der Waals surface area contributed by atoms with Crippen LogP contribution in [0.2, 0.25) is 0 Å². The Morgan fingerprint density at radius 1 is 0.800 bits per heavy atom. The summed E-state index contributed by atoms with van der Waals surface area (Å²) in [5.41, 5.74) is -2.64. The number of carboxylic acids is 1. The Hall–Kier alpha value is -0.610. The van der Waals surface area contributed by atoms with Gasteiger partial charge in [0, 0.05) is 5.41 Å². The first-order valence-corrected chi connectivity index (χ1v) is 14.6. The van der Waals surface area contributed by atoms with E-state index >= 15 is 0 Å². The average molecular weight is 489 g/mol. The topological polar surface area (TPSA) is 77.8 Å². The number of hydrogen-bond donors (Lipinski definition) is 3. The Labute approximate surface area is 213 Å². The Bertz CT molecular complexity index is 898. The number of aliphatic hydroxyl groups is 2. The zero-order chi connectivity index (χ0) is 26.0. The average Bonchev–Trinajstić information content (AvgIpc) is 2.75. The highest BCUT2D eigenvalue weighted by Crippen LogP contribution is 2.78. The van der Waals surface area contributed by atoms with E-state index in [-0.39, 0.29) is 28.1 Å². The van der Waals surface area contributed by atoms with Gasteiger partial charge >= 0.3 is 5.97 Å². The molecule has 0 spiro atoms. The van der Waals surface area contributed by atoms with E-state index in [2.05, 4.69) is 55.4 Å². The molecule has 0 aromatic rings. The number of rotatable bonds is 1. The lowest BCUT2D eigenvalue weighted by molar-refractivity contribution is -0.310. The fourth-order valence-corrected chi connectivity index (χ4v) is 12.2. The zero-order valence-corrected chi connectivity index (χ0v) is 23.7. The van der Waals surface area contributed by atoms with Crippen molar-refractivity contribution in [3.63, 3.8) is 0 Å². The lowest BCUT2D eigenvalue weighted by Crippen LogP contribution is -2.76. The SMILES string of the molecule is C[C@@H]1[C@H]2[C@H]3CC[C@@H]4[C@]5(C)[C@@H](CC[C@@]4(C)[C@]3(C)CC[C@@]2(C)CC[C@H]1C)C(C)(C)C[C@@H](O)C5(O)C(=O)O. The molecule has 12 atom stereocenters. The van der Waals surface area contributed by atoms with Crippen molar-refractivity contribution in [3.8, 4) is 0 Å². The molecule has 5 rings (SSSR count). The van der Waals surface area contributed by atoms with Gasteiger partial charge in [-0.2, -0.15) is 0 Å². The molecule has 0 amide bonds. The van der Waals surface area contributed by atoms with E-state index in [1.807, 2.05) is 0 Å². The standard InChI is InChI=1S/C31H52O4/c1-18-11-13-27(5)15-16-28(6)20(24(27)19(18)2)9-10-22-29(28,7)14-12-21-26(3,4)17-23(32)31(35,25(33)34)30(21,22)8/h18-24,32,35H,9-17H2,1-8H3,(H,33,34)/t18-,19+,20-,21+,22+,23-,24+,27-,28-,29-,30+,31?/m1/s1. The molecule has 35 heavy (non-hydrogen) atoms. The molecule has 0 aliphatic heterocycles. The molecule has 4 heteroatoms. The molecule has 5 aliphatic carbocycles. The van der Waals surface area contributed by atoms with E-state index < -0.39 is 23.1 Å². The molecule has 3 N–H and O–H groups in total. The van der Waals surface area contributed by atoms with E-state index in [0.29, 0.717) is 17.8 Å². The molecule has 5 saturated carbocycles. The summed E-state index contributed by atoms with van der Waals surface area (Å²) in [6.07, 6.45) is 8.40. The largest absolute Gasteiger partial charge is 0.479 e. The van der Waals surface area contributed by atoms with Crippen molar-refractivity contribution < 1.29 is 20.1 Å². The molecule has 0 radical (unpaired) electrons. The van der Waals surface area contributed by atoms with Crippen LogP contribution in [0.4, 0.5) is 0 Å². The van der Waals surface area contributed by atoms with Gasteiger partial charge in [0.2, 0.25) is 0 Å². The van der Waals surface area contributed by atoms with Crippen LogP contribution < -0.4 is 0 Å². The first kappa shape index (κ1) is 26.0. The van der Waals surface area contributed by atoms with Crippen LogP contribution >= 0.6 is 0 Å². The summed E-state index contributed by atoms with van der Waals surface area (Å²) in [6, 6.07) is 0. The van der Waals surface area contributed by atoms with Gasteiger partial charge in [-0.05, 0) is 115 Å². The van der Waals surface area contributed by atoms with Crippen LogP contribution in [0.25, 0.3) is 0 Å². The van der Waals surface area contributed by atoms with Gasteiger partial charge in [-0.25, -0.2) is 4.79 Å². The van der Waals surface area contributed by atoms with Crippen molar-refractivity contribution >= 4 is 5.97 Å². The molecule has 200 valence electrons. The van der Waals surface area contributed by atoms with Gasteiger partial charge in [0.25, 0.3) is 0 Å². The van der Waals surface area contributed by atoms with Crippen molar-refractivity contribution in [2.24, 2.45) is 62.6 Å². The monoisotopic (exact) mass is 488 g/mol. The van der Waals surface area contributed by atoms with Crippen LogP contribution in [0.1, 0.15) is 113 Å². The summed E-state index contributed by atoms with van der Waals surface area (Å²) in [7, 11) is 0. The van der Waals surface area contributed by atoms with E-state index in [1.54, 1.807) is 0 Å². The molecule has 0 aromatic heterocycles. The summed E-state index contributed by atoms with van der Waals surface area (Å²) in [4.78, 5) is 12.8. The van der Waals surface area contributed by atoms with Crippen LogP contribution in [-0.2, 0) is 4.79 Å². The quantitative estimate of drug-likeness (QED) is 0.392. The number of carbonyl (C=O) groups is 1. The van der Waals surface area contributed by atoms with Crippen LogP contribution in [0.5, 0.6) is 0 Å². The molecular weight excluding hydrogens is 436 g/mol. The first-order valence-electron chi connectivity index (χ1n) is 14.6. The highest BCUT2D eigenvalue weighted by Gasteiger charge is 2.76. The number of carboxylic acid groups (broad SMARTS) is 1. The smallest absolute Gasteiger partial charge is 0.339 e.